The fourth-order valence-corrected chi connectivity index (χ4v) is 1.82. The van der Waals surface area contributed by atoms with Crippen LogP contribution < -0.4 is 5.32 Å². The van der Waals surface area contributed by atoms with Gasteiger partial charge in [0, 0.05) is 18.7 Å². The molecule has 1 aliphatic rings. The van der Waals surface area contributed by atoms with Gasteiger partial charge in [-0.25, -0.2) is 0 Å². The summed E-state index contributed by atoms with van der Waals surface area (Å²) in [7, 11) is 1.89. The van der Waals surface area contributed by atoms with Crippen molar-refractivity contribution in [1.29, 1.82) is 0 Å². The van der Waals surface area contributed by atoms with Crippen molar-refractivity contribution in [1.82, 2.24) is 5.32 Å². The molecule has 0 heterocycles. The molecule has 0 saturated heterocycles. The van der Waals surface area contributed by atoms with Crippen molar-refractivity contribution in [2.24, 2.45) is 0 Å². The van der Waals surface area contributed by atoms with Crippen molar-refractivity contribution in [3.05, 3.63) is 39.4 Å². The SMILES string of the molecule is CNCc1ccc([N+](=O)[O-])cc1C1CC1. The number of nitrogens with one attached hydrogen (secondary N) is 1. The third-order valence-corrected chi connectivity index (χ3v) is 2.72. The second kappa shape index (κ2) is 3.98. The van der Waals surface area contributed by atoms with Gasteiger partial charge in [0.2, 0.25) is 0 Å². The highest BCUT2D eigenvalue weighted by Crippen LogP contribution is 2.42. The highest BCUT2D eigenvalue weighted by Gasteiger charge is 2.27. The lowest BCUT2D eigenvalue weighted by molar-refractivity contribution is -0.384. The molecule has 0 spiro atoms. The number of rotatable bonds is 4. The Balaban J connectivity index is 2.35. The summed E-state index contributed by atoms with van der Waals surface area (Å²) in [4.78, 5) is 10.3. The topological polar surface area (TPSA) is 55.2 Å². The molecule has 1 aromatic carbocycles. The largest absolute Gasteiger partial charge is 0.316 e. The fraction of sp³-hybridized carbons (Fsp3) is 0.455. The highest BCUT2D eigenvalue weighted by molar-refractivity contribution is 5.43. The average Bonchev–Trinajstić information content (AvgIpc) is 3.02. The monoisotopic (exact) mass is 206 g/mol. The van der Waals surface area contributed by atoms with Crippen molar-refractivity contribution in [3.63, 3.8) is 0 Å². The van der Waals surface area contributed by atoms with Crippen LogP contribution in [-0.2, 0) is 6.54 Å². The Labute approximate surface area is 88.5 Å². The van der Waals surface area contributed by atoms with Crippen LogP contribution in [0.2, 0.25) is 0 Å². The van der Waals surface area contributed by atoms with Gasteiger partial charge in [-0.3, -0.25) is 10.1 Å². The Morgan fingerprint density at radius 2 is 2.27 bits per heavy atom. The van der Waals surface area contributed by atoms with E-state index in [9.17, 15) is 10.1 Å². The van der Waals surface area contributed by atoms with E-state index in [1.54, 1.807) is 12.1 Å². The number of benzene rings is 1. The zero-order valence-corrected chi connectivity index (χ0v) is 8.69. The quantitative estimate of drug-likeness (QED) is 0.607. The molecule has 0 amide bonds. The van der Waals surface area contributed by atoms with E-state index >= 15 is 0 Å². The molecule has 1 saturated carbocycles. The first-order chi connectivity index (χ1) is 7.22. The van der Waals surface area contributed by atoms with Crippen molar-refractivity contribution in [2.75, 3.05) is 7.05 Å². The summed E-state index contributed by atoms with van der Waals surface area (Å²) in [5, 5.41) is 13.7. The second-order valence-electron chi connectivity index (χ2n) is 3.94. The summed E-state index contributed by atoms with van der Waals surface area (Å²) in [6.45, 7) is 0.782. The zero-order valence-electron chi connectivity index (χ0n) is 8.69. The highest BCUT2D eigenvalue weighted by atomic mass is 16.6. The van der Waals surface area contributed by atoms with Crippen molar-refractivity contribution >= 4 is 5.69 Å². The zero-order chi connectivity index (χ0) is 10.8. The normalized spacial score (nSPS) is 15.3. The van der Waals surface area contributed by atoms with Crippen LogP contribution in [0.1, 0.15) is 29.9 Å². The molecule has 1 aromatic rings. The van der Waals surface area contributed by atoms with Gasteiger partial charge in [0.25, 0.3) is 5.69 Å². The van der Waals surface area contributed by atoms with Gasteiger partial charge in [-0.15, -0.1) is 0 Å². The second-order valence-corrected chi connectivity index (χ2v) is 3.94. The standard InChI is InChI=1S/C11H14N2O2/c1-12-7-9-4-5-10(13(14)15)6-11(9)8-2-3-8/h4-6,8,12H,2-3,7H2,1H3. The van der Waals surface area contributed by atoms with Crippen LogP contribution in [0.3, 0.4) is 0 Å². The molecule has 0 atom stereocenters. The Kier molecular flexibility index (Phi) is 2.68. The summed E-state index contributed by atoms with van der Waals surface area (Å²) in [6, 6.07) is 5.17. The van der Waals surface area contributed by atoms with E-state index in [0.29, 0.717) is 5.92 Å². The average molecular weight is 206 g/mol. The number of non-ortho nitro benzene ring substituents is 1. The molecule has 15 heavy (non-hydrogen) atoms. The van der Waals surface area contributed by atoms with E-state index in [1.165, 1.54) is 5.56 Å². The van der Waals surface area contributed by atoms with Crippen molar-refractivity contribution in [2.45, 2.75) is 25.3 Å². The molecule has 0 radical (unpaired) electrons. The van der Waals surface area contributed by atoms with Crippen LogP contribution >= 0.6 is 0 Å². The minimum atomic E-state index is -0.324. The minimum absolute atomic E-state index is 0.205. The molecule has 1 aliphatic carbocycles. The van der Waals surface area contributed by atoms with E-state index in [2.05, 4.69) is 5.32 Å². The van der Waals surface area contributed by atoms with Gasteiger partial charge in [-0.1, -0.05) is 6.07 Å². The number of nitrogens with zero attached hydrogens (tertiary/aromatic N) is 1. The maximum absolute atomic E-state index is 10.7. The van der Waals surface area contributed by atoms with E-state index < -0.39 is 0 Å². The van der Waals surface area contributed by atoms with Crippen molar-refractivity contribution < 1.29 is 4.92 Å². The predicted molar refractivity (Wildman–Crippen MR) is 57.8 cm³/mol. The molecule has 0 bridgehead atoms. The predicted octanol–water partition coefficient (Wildman–Crippen LogP) is 2.19. The Hall–Kier alpha value is -1.42. The molecule has 0 unspecified atom stereocenters. The smallest absolute Gasteiger partial charge is 0.269 e. The summed E-state index contributed by atoms with van der Waals surface area (Å²) in [5.74, 6) is 0.549. The van der Waals surface area contributed by atoms with Gasteiger partial charge in [0.15, 0.2) is 0 Å². The molecule has 80 valence electrons. The fourth-order valence-electron chi connectivity index (χ4n) is 1.82. The molecule has 4 nitrogen and oxygen atoms in total. The first-order valence-corrected chi connectivity index (χ1v) is 5.14. The van der Waals surface area contributed by atoms with Crippen LogP contribution in [-0.4, -0.2) is 12.0 Å². The Morgan fingerprint density at radius 3 is 2.80 bits per heavy atom. The van der Waals surface area contributed by atoms with Gasteiger partial charge in [0.05, 0.1) is 4.92 Å². The van der Waals surface area contributed by atoms with E-state index in [4.69, 9.17) is 0 Å². The minimum Gasteiger partial charge on any atom is -0.316 e. The first-order valence-electron chi connectivity index (χ1n) is 5.14. The number of hydrogen-bond acceptors (Lipinski definition) is 3. The number of nitro groups is 1. The molecular weight excluding hydrogens is 192 g/mol. The summed E-state index contributed by atoms with van der Waals surface area (Å²) >= 11 is 0. The van der Waals surface area contributed by atoms with Crippen LogP contribution in [0.25, 0.3) is 0 Å². The number of hydrogen-bond donors (Lipinski definition) is 1. The maximum atomic E-state index is 10.7. The molecule has 0 aromatic heterocycles. The molecule has 2 rings (SSSR count). The van der Waals surface area contributed by atoms with Gasteiger partial charge >= 0.3 is 0 Å². The third kappa shape index (κ3) is 2.15. The van der Waals surface area contributed by atoms with Gasteiger partial charge in [0.1, 0.15) is 0 Å². The van der Waals surface area contributed by atoms with Crippen LogP contribution in [0, 0.1) is 10.1 Å². The molecule has 4 heteroatoms. The van der Waals surface area contributed by atoms with E-state index in [0.717, 1.165) is 24.9 Å². The van der Waals surface area contributed by atoms with E-state index in [-0.39, 0.29) is 10.6 Å². The van der Waals surface area contributed by atoms with Gasteiger partial charge in [-0.05, 0) is 36.9 Å². The lowest BCUT2D eigenvalue weighted by Crippen LogP contribution is -2.07. The Bertz CT molecular complexity index is 386. The third-order valence-electron chi connectivity index (χ3n) is 2.72. The van der Waals surface area contributed by atoms with E-state index in [1.807, 2.05) is 13.1 Å². The molecule has 1 N–H and O–H groups in total. The Morgan fingerprint density at radius 1 is 1.53 bits per heavy atom. The van der Waals surface area contributed by atoms with Gasteiger partial charge in [-0.2, -0.15) is 0 Å². The van der Waals surface area contributed by atoms with Crippen LogP contribution in [0.15, 0.2) is 18.2 Å². The summed E-state index contributed by atoms with van der Waals surface area (Å²) in [6.07, 6.45) is 2.33. The maximum Gasteiger partial charge on any atom is 0.269 e. The van der Waals surface area contributed by atoms with Crippen LogP contribution in [0.4, 0.5) is 5.69 Å². The summed E-state index contributed by atoms with van der Waals surface area (Å²) in [5.41, 5.74) is 2.54. The molecular formula is C11H14N2O2. The molecule has 1 fully saturated rings. The lowest BCUT2D eigenvalue weighted by atomic mass is 10.0. The lowest BCUT2D eigenvalue weighted by Gasteiger charge is -2.07. The summed E-state index contributed by atoms with van der Waals surface area (Å²) < 4.78 is 0. The molecule has 0 aliphatic heterocycles. The van der Waals surface area contributed by atoms with Crippen molar-refractivity contribution in [3.8, 4) is 0 Å². The van der Waals surface area contributed by atoms with Gasteiger partial charge < -0.3 is 5.32 Å². The number of nitro benzene ring substituents is 1. The van der Waals surface area contributed by atoms with Crippen LogP contribution in [0.5, 0.6) is 0 Å². The first kappa shape index (κ1) is 10.1.